The quantitative estimate of drug-likeness (QED) is 0.346. The average Bonchev–Trinajstić information content (AvgIpc) is 2.63. The maximum atomic E-state index is 11.7. The second-order valence-corrected chi connectivity index (χ2v) is 6.56. The monoisotopic (exact) mass is 376 g/mol. The molecule has 2 aromatic carbocycles. The van der Waals surface area contributed by atoms with Crippen LogP contribution in [0.15, 0.2) is 58.5 Å². The Morgan fingerprint density at radius 3 is 2.48 bits per heavy atom. The van der Waals surface area contributed by atoms with Gasteiger partial charge in [-0.2, -0.15) is 5.10 Å². The summed E-state index contributed by atoms with van der Waals surface area (Å²) in [6.07, 6.45) is 1.87. The molecule has 25 heavy (non-hydrogen) atoms. The Morgan fingerprint density at radius 2 is 1.84 bits per heavy atom. The van der Waals surface area contributed by atoms with Crippen molar-refractivity contribution in [2.24, 2.45) is 5.10 Å². The van der Waals surface area contributed by atoms with Gasteiger partial charge in [0, 0.05) is 22.1 Å². The summed E-state index contributed by atoms with van der Waals surface area (Å²) in [6, 6.07) is 14.2. The van der Waals surface area contributed by atoms with E-state index in [9.17, 15) is 9.59 Å². The number of nitrogens with one attached hydrogen (secondary N) is 1. The van der Waals surface area contributed by atoms with Gasteiger partial charge in [-0.05, 0) is 42.0 Å². The van der Waals surface area contributed by atoms with Gasteiger partial charge in [0.15, 0.2) is 0 Å². The topological polar surface area (TPSA) is 67.8 Å². The van der Waals surface area contributed by atoms with E-state index in [0.29, 0.717) is 22.8 Å². The van der Waals surface area contributed by atoms with Crippen LogP contribution in [0, 0.1) is 0 Å². The van der Waals surface area contributed by atoms with Gasteiger partial charge in [-0.1, -0.05) is 23.7 Å². The van der Waals surface area contributed by atoms with E-state index >= 15 is 0 Å². The van der Waals surface area contributed by atoms with Crippen molar-refractivity contribution in [3.05, 3.63) is 64.7 Å². The lowest BCUT2D eigenvalue weighted by Crippen LogP contribution is -2.17. The number of amides is 1. The fourth-order valence-corrected chi connectivity index (χ4v) is 2.83. The first-order chi connectivity index (χ1) is 12.1. The number of hydrazone groups is 1. The van der Waals surface area contributed by atoms with Gasteiger partial charge in [-0.25, -0.2) is 10.2 Å². The molecule has 1 N–H and O–H groups in total. The van der Waals surface area contributed by atoms with E-state index in [1.807, 2.05) is 24.3 Å². The summed E-state index contributed by atoms with van der Waals surface area (Å²) in [4.78, 5) is 24.1. The number of ether oxygens (including phenoxy) is 1. The van der Waals surface area contributed by atoms with Crippen LogP contribution in [0.25, 0.3) is 0 Å². The van der Waals surface area contributed by atoms with Gasteiger partial charge >= 0.3 is 5.97 Å². The molecule has 7 heteroatoms. The summed E-state index contributed by atoms with van der Waals surface area (Å²) >= 11 is 7.40. The minimum atomic E-state index is -0.394. The predicted molar refractivity (Wildman–Crippen MR) is 100 cm³/mol. The Bertz CT molecular complexity index is 746. The number of methoxy groups -OCH3 is 1. The Kier molecular flexibility index (Phi) is 7.50. The zero-order chi connectivity index (χ0) is 18.1. The molecule has 0 atom stereocenters. The van der Waals surface area contributed by atoms with Crippen molar-refractivity contribution in [3.8, 4) is 0 Å². The average molecular weight is 377 g/mol. The van der Waals surface area contributed by atoms with Crippen molar-refractivity contribution in [1.82, 2.24) is 5.43 Å². The zero-order valence-corrected chi connectivity index (χ0v) is 15.1. The maximum Gasteiger partial charge on any atom is 0.337 e. The second kappa shape index (κ2) is 9.86. The first-order valence-electron chi connectivity index (χ1n) is 7.47. The molecule has 0 aromatic heterocycles. The lowest BCUT2D eigenvalue weighted by molar-refractivity contribution is -0.120. The van der Waals surface area contributed by atoms with Gasteiger partial charge in [0.25, 0.3) is 0 Å². The molecule has 0 saturated heterocycles. The minimum absolute atomic E-state index is 0.163. The molecule has 0 spiro atoms. The molecule has 5 nitrogen and oxygen atoms in total. The second-order valence-electron chi connectivity index (χ2n) is 4.96. The third-order valence-electron chi connectivity index (χ3n) is 3.15. The van der Waals surface area contributed by atoms with E-state index in [1.165, 1.54) is 13.3 Å². The van der Waals surface area contributed by atoms with E-state index in [-0.39, 0.29) is 5.91 Å². The Labute approximate surface area is 155 Å². The van der Waals surface area contributed by atoms with Crippen LogP contribution < -0.4 is 5.43 Å². The van der Waals surface area contributed by atoms with Crippen molar-refractivity contribution < 1.29 is 14.3 Å². The number of rotatable bonds is 7. The van der Waals surface area contributed by atoms with Crippen LogP contribution in [0.3, 0.4) is 0 Å². The normalized spacial score (nSPS) is 10.6. The Morgan fingerprint density at radius 1 is 1.16 bits per heavy atom. The van der Waals surface area contributed by atoms with Gasteiger partial charge in [0.2, 0.25) is 5.91 Å². The summed E-state index contributed by atoms with van der Waals surface area (Å²) < 4.78 is 4.63. The molecule has 2 aromatic rings. The number of esters is 1. The van der Waals surface area contributed by atoms with E-state index in [2.05, 4.69) is 15.3 Å². The predicted octanol–water partition coefficient (Wildman–Crippen LogP) is 3.76. The van der Waals surface area contributed by atoms with E-state index < -0.39 is 5.97 Å². The van der Waals surface area contributed by atoms with Gasteiger partial charge in [-0.3, -0.25) is 4.79 Å². The summed E-state index contributed by atoms with van der Waals surface area (Å²) in [6.45, 7) is 0. The minimum Gasteiger partial charge on any atom is -0.465 e. The van der Waals surface area contributed by atoms with E-state index in [0.717, 1.165) is 10.5 Å². The van der Waals surface area contributed by atoms with Crippen LogP contribution in [-0.4, -0.2) is 31.0 Å². The van der Waals surface area contributed by atoms with Crippen LogP contribution in [0.4, 0.5) is 0 Å². The molecule has 0 aliphatic heterocycles. The largest absolute Gasteiger partial charge is 0.465 e. The molecule has 0 fully saturated rings. The summed E-state index contributed by atoms with van der Waals surface area (Å²) in [5, 5.41) is 4.60. The molecule has 0 unspecified atom stereocenters. The summed E-state index contributed by atoms with van der Waals surface area (Å²) in [5.74, 6) is 0.0930. The van der Waals surface area contributed by atoms with Crippen molar-refractivity contribution in [2.75, 3.05) is 12.9 Å². The van der Waals surface area contributed by atoms with Crippen LogP contribution >= 0.6 is 23.4 Å². The highest BCUT2D eigenvalue weighted by molar-refractivity contribution is 7.99. The van der Waals surface area contributed by atoms with Gasteiger partial charge in [0.1, 0.15) is 0 Å². The molecule has 0 bridgehead atoms. The summed E-state index contributed by atoms with van der Waals surface area (Å²) in [7, 11) is 1.33. The van der Waals surface area contributed by atoms with Crippen LogP contribution in [0.2, 0.25) is 5.02 Å². The molecular weight excluding hydrogens is 360 g/mol. The molecule has 1 amide bonds. The van der Waals surface area contributed by atoms with Crippen molar-refractivity contribution in [1.29, 1.82) is 0 Å². The first kappa shape index (κ1) is 19.0. The number of thioether (sulfide) groups is 1. The number of hydrogen-bond donors (Lipinski definition) is 1. The SMILES string of the molecule is COC(=O)c1ccc(/C=N\NC(=O)CCSc2ccc(Cl)cc2)cc1. The van der Waals surface area contributed by atoms with E-state index in [4.69, 9.17) is 11.6 Å². The number of carbonyl (C=O) groups excluding carboxylic acids is 2. The van der Waals surface area contributed by atoms with E-state index in [1.54, 1.807) is 36.0 Å². The molecule has 0 saturated carbocycles. The molecule has 2 rings (SSSR count). The van der Waals surface area contributed by atoms with Crippen LogP contribution in [-0.2, 0) is 9.53 Å². The highest BCUT2D eigenvalue weighted by Gasteiger charge is 2.04. The molecule has 0 radical (unpaired) electrons. The standard InChI is InChI=1S/C18H17ClN2O3S/c1-24-18(23)14-4-2-13(3-5-14)12-20-21-17(22)10-11-25-16-8-6-15(19)7-9-16/h2-9,12H,10-11H2,1H3,(H,21,22)/b20-12-. The van der Waals surface area contributed by atoms with Gasteiger partial charge < -0.3 is 4.74 Å². The third kappa shape index (κ3) is 6.60. The number of carbonyl (C=O) groups is 2. The third-order valence-corrected chi connectivity index (χ3v) is 4.41. The molecule has 130 valence electrons. The molecular formula is C18H17ClN2O3S. The lowest BCUT2D eigenvalue weighted by Gasteiger charge is -2.02. The molecule has 0 aliphatic rings. The highest BCUT2D eigenvalue weighted by Crippen LogP contribution is 2.20. The molecule has 0 heterocycles. The van der Waals surface area contributed by atoms with Crippen LogP contribution in [0.1, 0.15) is 22.3 Å². The molecule has 0 aliphatic carbocycles. The van der Waals surface area contributed by atoms with Crippen molar-refractivity contribution in [2.45, 2.75) is 11.3 Å². The lowest BCUT2D eigenvalue weighted by atomic mass is 10.1. The number of nitrogens with zero attached hydrogens (tertiary/aromatic N) is 1. The Balaban J connectivity index is 1.72. The van der Waals surface area contributed by atoms with Crippen LogP contribution in [0.5, 0.6) is 0 Å². The highest BCUT2D eigenvalue weighted by atomic mass is 35.5. The number of hydrogen-bond acceptors (Lipinski definition) is 5. The number of halogens is 1. The zero-order valence-electron chi connectivity index (χ0n) is 13.6. The van der Waals surface area contributed by atoms with Crippen molar-refractivity contribution >= 4 is 41.5 Å². The number of benzene rings is 2. The van der Waals surface area contributed by atoms with Crippen molar-refractivity contribution in [3.63, 3.8) is 0 Å². The van der Waals surface area contributed by atoms with Gasteiger partial charge in [0.05, 0.1) is 18.9 Å². The van der Waals surface area contributed by atoms with Gasteiger partial charge in [-0.15, -0.1) is 11.8 Å². The maximum absolute atomic E-state index is 11.7. The fourth-order valence-electron chi connectivity index (χ4n) is 1.85. The first-order valence-corrected chi connectivity index (χ1v) is 8.83. The Hall–Kier alpha value is -2.31. The smallest absolute Gasteiger partial charge is 0.337 e. The fraction of sp³-hybridized carbons (Fsp3) is 0.167. The summed E-state index contributed by atoms with van der Waals surface area (Å²) in [5.41, 5.74) is 3.71.